The number of rotatable bonds is 0. The highest BCUT2D eigenvalue weighted by Gasteiger charge is 2.22. The van der Waals surface area contributed by atoms with E-state index in [0.29, 0.717) is 11.1 Å². The molecule has 0 N–H and O–H groups in total. The van der Waals surface area contributed by atoms with Crippen LogP contribution in [0.3, 0.4) is 0 Å². The molecule has 0 atom stereocenters. The van der Waals surface area contributed by atoms with E-state index in [1.807, 2.05) is 55.4 Å². The molecule has 0 spiro atoms. The Morgan fingerprint density at radius 3 is 0.633 bits per heavy atom. The topological polar surface area (TPSA) is 6.48 Å². The maximum Gasteiger partial charge on any atom is 0.0125 e. The maximum atomic E-state index is 2.58. The van der Waals surface area contributed by atoms with Crippen molar-refractivity contribution in [1.29, 1.82) is 0 Å². The summed E-state index contributed by atoms with van der Waals surface area (Å²) in [7, 11) is 0. The van der Waals surface area contributed by atoms with E-state index in [4.69, 9.17) is 0 Å². The van der Waals surface area contributed by atoms with Crippen molar-refractivity contribution in [2.24, 2.45) is 0 Å². The van der Waals surface area contributed by atoms with E-state index < -0.39 is 0 Å². The van der Waals surface area contributed by atoms with E-state index in [2.05, 4.69) is 51.3 Å². The van der Waals surface area contributed by atoms with Crippen LogP contribution in [0.25, 0.3) is 0 Å². The Balaban J connectivity index is -0.0000000686. The largest absolute Gasteiger partial charge is 0.298 e. The summed E-state index contributed by atoms with van der Waals surface area (Å²) in [5.41, 5.74) is 0.806. The van der Waals surface area contributed by atoms with Crippen molar-refractivity contribution in [3.63, 3.8) is 0 Å². The fraction of sp³-hybridized carbons (Fsp3) is 1.00. The quantitative estimate of drug-likeness (QED) is 0.374. The molecule has 0 aromatic carbocycles. The highest BCUT2D eigenvalue weighted by molar-refractivity contribution is 4.79. The van der Waals surface area contributed by atoms with Crippen molar-refractivity contribution < 1.29 is 0 Å². The lowest BCUT2D eigenvalue weighted by molar-refractivity contribution is 0.110. The van der Waals surface area contributed by atoms with Gasteiger partial charge in [-0.05, 0) is 93.4 Å². The molecule has 2 nitrogen and oxygen atoms in total. The van der Waals surface area contributed by atoms with Gasteiger partial charge in [-0.1, -0.05) is 83.1 Å². The molecule has 2 aliphatic rings. The Morgan fingerprint density at radius 1 is 0.367 bits per heavy atom. The van der Waals surface area contributed by atoms with Gasteiger partial charge in [-0.2, -0.15) is 0 Å². The lowest BCUT2D eigenvalue weighted by Gasteiger charge is -2.38. The third-order valence-electron chi connectivity index (χ3n) is 4.61. The van der Waals surface area contributed by atoms with Crippen LogP contribution in [0.2, 0.25) is 0 Å². The molecule has 0 unspecified atom stereocenters. The number of likely N-dealkylation sites (tertiary alicyclic amines) is 2. The van der Waals surface area contributed by atoms with Crippen LogP contribution in [0.1, 0.15) is 150 Å². The highest BCUT2D eigenvalue weighted by Crippen LogP contribution is 2.19. The Morgan fingerprint density at radius 2 is 0.533 bits per heavy atom. The van der Waals surface area contributed by atoms with Gasteiger partial charge in [0.05, 0.1) is 0 Å². The van der Waals surface area contributed by atoms with Gasteiger partial charge in [0.15, 0.2) is 0 Å². The Hall–Kier alpha value is -0.0800. The van der Waals surface area contributed by atoms with Crippen LogP contribution in [0.4, 0.5) is 0 Å². The minimum Gasteiger partial charge on any atom is -0.298 e. The molecule has 2 heterocycles. The third-order valence-corrected chi connectivity index (χ3v) is 4.61. The zero-order valence-electron chi connectivity index (χ0n) is 23.0. The maximum absolute atomic E-state index is 2.58. The zero-order valence-corrected chi connectivity index (χ0v) is 23.0. The van der Waals surface area contributed by atoms with Gasteiger partial charge in [0, 0.05) is 11.1 Å². The molecule has 0 amide bonds. The summed E-state index contributed by atoms with van der Waals surface area (Å²) in [6, 6.07) is 0. The van der Waals surface area contributed by atoms with E-state index >= 15 is 0 Å². The SMILES string of the molecule is C.C.CC.CC.CC.CC.CC(C)(C)N1CCCCC1.CC(C)(C)N1CCCCC1. The first-order chi connectivity index (χ1) is 13.2. The number of nitrogens with zero attached hydrogens (tertiary/aromatic N) is 2. The second-order valence-electron chi connectivity index (χ2n) is 8.44. The normalized spacial score (nSPS) is 16.2. The number of hydrogen-bond acceptors (Lipinski definition) is 2. The van der Waals surface area contributed by atoms with Gasteiger partial charge in [-0.15, -0.1) is 0 Å². The molecular formula is C28H70N2. The molecule has 2 saturated heterocycles. The third kappa shape index (κ3) is 26.0. The van der Waals surface area contributed by atoms with Gasteiger partial charge in [0.25, 0.3) is 0 Å². The summed E-state index contributed by atoms with van der Waals surface area (Å²) in [5.74, 6) is 0. The van der Waals surface area contributed by atoms with Gasteiger partial charge in [-0.25, -0.2) is 0 Å². The molecule has 2 heteroatoms. The molecule has 2 rings (SSSR count). The van der Waals surface area contributed by atoms with Crippen molar-refractivity contribution in [3.8, 4) is 0 Å². The first kappa shape index (κ1) is 43.7. The van der Waals surface area contributed by atoms with Crippen LogP contribution in [0, 0.1) is 0 Å². The van der Waals surface area contributed by atoms with E-state index in [1.54, 1.807) is 0 Å². The smallest absolute Gasteiger partial charge is 0.0125 e. The average molecular weight is 435 g/mol. The molecule has 2 fully saturated rings. The molecule has 0 aromatic heterocycles. The molecule has 30 heavy (non-hydrogen) atoms. The van der Waals surface area contributed by atoms with Gasteiger partial charge < -0.3 is 0 Å². The van der Waals surface area contributed by atoms with Crippen molar-refractivity contribution in [3.05, 3.63) is 0 Å². The molecule has 0 saturated carbocycles. The molecule has 2 aliphatic heterocycles. The van der Waals surface area contributed by atoms with Crippen molar-refractivity contribution in [1.82, 2.24) is 9.80 Å². The Bertz CT molecular complexity index is 221. The van der Waals surface area contributed by atoms with Gasteiger partial charge in [0.1, 0.15) is 0 Å². The molecule has 0 bridgehead atoms. The average Bonchev–Trinajstić information content (AvgIpc) is 2.74. The molecule has 0 aromatic rings. The zero-order chi connectivity index (χ0) is 23.2. The summed E-state index contributed by atoms with van der Waals surface area (Å²) in [4.78, 5) is 5.16. The number of piperidine rings is 2. The lowest BCUT2D eigenvalue weighted by atomic mass is 10.0. The highest BCUT2D eigenvalue weighted by atomic mass is 15.2. The summed E-state index contributed by atoms with van der Waals surface area (Å²) >= 11 is 0. The molecule has 0 aliphatic carbocycles. The number of hydrogen-bond donors (Lipinski definition) is 0. The second-order valence-corrected chi connectivity index (χ2v) is 8.44. The van der Waals surface area contributed by atoms with Crippen LogP contribution >= 0.6 is 0 Å². The van der Waals surface area contributed by atoms with Crippen LogP contribution in [0.15, 0.2) is 0 Å². The lowest BCUT2D eigenvalue weighted by Crippen LogP contribution is -2.44. The van der Waals surface area contributed by atoms with Crippen LogP contribution < -0.4 is 0 Å². The minimum atomic E-state index is 0. The monoisotopic (exact) mass is 435 g/mol. The second kappa shape index (κ2) is 28.9. The van der Waals surface area contributed by atoms with E-state index in [9.17, 15) is 0 Å². The fourth-order valence-corrected chi connectivity index (χ4v) is 3.13. The van der Waals surface area contributed by atoms with Crippen LogP contribution in [-0.2, 0) is 0 Å². The van der Waals surface area contributed by atoms with E-state index in [1.165, 1.54) is 64.7 Å². The predicted octanol–water partition coefficient (Wildman–Crippen LogP) is 9.92. The van der Waals surface area contributed by atoms with E-state index in [-0.39, 0.29) is 14.9 Å². The predicted molar refractivity (Wildman–Crippen MR) is 149 cm³/mol. The minimum absolute atomic E-state index is 0. The summed E-state index contributed by atoms with van der Waals surface area (Å²) in [5, 5.41) is 0. The first-order valence-corrected chi connectivity index (χ1v) is 12.7. The standard InChI is InChI=1S/2C9H19N.4C2H6.2CH4/c2*1-9(2,3)10-7-5-4-6-8-10;4*1-2;;/h2*4-8H2,1-3H3;4*1-2H3;2*1H4. The van der Waals surface area contributed by atoms with Crippen molar-refractivity contribution in [2.75, 3.05) is 26.2 Å². The Kier molecular flexibility index (Phi) is 42.2. The first-order valence-electron chi connectivity index (χ1n) is 12.7. The summed E-state index contributed by atoms with van der Waals surface area (Å²) in [6.45, 7) is 35.1. The van der Waals surface area contributed by atoms with Crippen molar-refractivity contribution in [2.45, 2.75) is 161 Å². The van der Waals surface area contributed by atoms with Crippen LogP contribution in [-0.4, -0.2) is 47.1 Å². The Labute approximate surface area is 197 Å². The summed E-state index contributed by atoms with van der Waals surface area (Å²) < 4.78 is 0. The molecular weight excluding hydrogens is 364 g/mol. The van der Waals surface area contributed by atoms with Gasteiger partial charge in [0.2, 0.25) is 0 Å². The fourth-order valence-electron chi connectivity index (χ4n) is 3.13. The van der Waals surface area contributed by atoms with Crippen LogP contribution in [0.5, 0.6) is 0 Å². The van der Waals surface area contributed by atoms with Gasteiger partial charge in [-0.3, -0.25) is 9.80 Å². The van der Waals surface area contributed by atoms with Crippen molar-refractivity contribution >= 4 is 0 Å². The molecule has 0 radical (unpaired) electrons. The van der Waals surface area contributed by atoms with Gasteiger partial charge >= 0.3 is 0 Å². The van der Waals surface area contributed by atoms with E-state index in [0.717, 1.165) is 0 Å². The molecule has 192 valence electrons. The summed E-state index contributed by atoms with van der Waals surface area (Å²) in [6.07, 6.45) is 8.47.